The maximum Gasteiger partial charge on any atom is 0.488 e. The quantitative estimate of drug-likeness (QED) is 0.371. The number of hydrogen-bond donors (Lipinski definition) is 2. The van der Waals surface area contributed by atoms with E-state index in [0.29, 0.717) is 5.46 Å². The lowest BCUT2D eigenvalue weighted by molar-refractivity contribution is 0.426. The summed E-state index contributed by atoms with van der Waals surface area (Å²) in [5.41, 5.74) is 7.20. The van der Waals surface area contributed by atoms with E-state index in [1.807, 2.05) is 60.7 Å². The van der Waals surface area contributed by atoms with Gasteiger partial charge in [0.25, 0.3) is 0 Å². The monoisotopic (exact) mass is 440 g/mol. The van der Waals surface area contributed by atoms with Crippen molar-refractivity contribution in [3.05, 3.63) is 115 Å². The Bertz CT molecular complexity index is 1570. The molecule has 2 heterocycles. The molecule has 0 saturated heterocycles. The van der Waals surface area contributed by atoms with Crippen LogP contribution in [0.5, 0.6) is 0 Å². The number of benzene rings is 4. The molecule has 0 aliphatic rings. The summed E-state index contributed by atoms with van der Waals surface area (Å²) in [6.07, 6.45) is 0. The van der Waals surface area contributed by atoms with Gasteiger partial charge in [0, 0.05) is 21.9 Å². The second-order valence-corrected chi connectivity index (χ2v) is 8.33. The largest absolute Gasteiger partial charge is 0.488 e. The summed E-state index contributed by atoms with van der Waals surface area (Å²) in [6.45, 7) is 0. The van der Waals surface area contributed by atoms with Gasteiger partial charge in [0.15, 0.2) is 0 Å². The molecule has 4 nitrogen and oxygen atoms in total. The van der Waals surface area contributed by atoms with E-state index in [1.54, 1.807) is 6.07 Å². The molecule has 6 aromatic rings. The second kappa shape index (κ2) is 8.30. The first kappa shape index (κ1) is 20.4. The minimum Gasteiger partial charge on any atom is -0.423 e. The fourth-order valence-electron chi connectivity index (χ4n) is 4.59. The summed E-state index contributed by atoms with van der Waals surface area (Å²) in [4.78, 5) is 5.00. The number of aromatic nitrogens is 2. The predicted octanol–water partition coefficient (Wildman–Crippen LogP) is 5.19. The van der Waals surface area contributed by atoms with E-state index in [1.165, 1.54) is 0 Å². The zero-order chi connectivity index (χ0) is 23.1. The van der Waals surface area contributed by atoms with Crippen LogP contribution in [0, 0.1) is 0 Å². The van der Waals surface area contributed by atoms with Gasteiger partial charge in [-0.1, -0.05) is 91.0 Å². The van der Waals surface area contributed by atoms with Crippen LogP contribution in [0.15, 0.2) is 115 Å². The van der Waals surface area contributed by atoms with E-state index in [4.69, 9.17) is 4.98 Å². The molecule has 4 aromatic carbocycles. The van der Waals surface area contributed by atoms with E-state index in [-0.39, 0.29) is 0 Å². The molecule has 0 radical (unpaired) electrons. The van der Waals surface area contributed by atoms with Gasteiger partial charge in [0.1, 0.15) is 0 Å². The van der Waals surface area contributed by atoms with Gasteiger partial charge in [0.2, 0.25) is 0 Å². The van der Waals surface area contributed by atoms with Crippen molar-refractivity contribution in [3.63, 3.8) is 0 Å². The van der Waals surface area contributed by atoms with Gasteiger partial charge in [-0.3, -0.25) is 0 Å². The maximum absolute atomic E-state index is 9.84. The number of rotatable bonds is 4. The third-order valence-corrected chi connectivity index (χ3v) is 6.20. The van der Waals surface area contributed by atoms with E-state index in [2.05, 4.69) is 53.1 Å². The molecule has 2 aromatic heterocycles. The topological polar surface area (TPSA) is 58.3 Å². The Labute approximate surface area is 197 Å². The number of para-hydroxylation sites is 1. The Morgan fingerprint density at radius 2 is 1.12 bits per heavy atom. The molecular formula is C29H21BN2O2. The number of hydrogen-bond acceptors (Lipinski definition) is 3. The van der Waals surface area contributed by atoms with Crippen molar-refractivity contribution in [1.82, 2.24) is 9.55 Å². The molecule has 0 aliphatic carbocycles. The fraction of sp³-hybridized carbons (Fsp3) is 0. The van der Waals surface area contributed by atoms with Crippen molar-refractivity contribution in [2.75, 3.05) is 0 Å². The molecule has 0 atom stereocenters. The van der Waals surface area contributed by atoms with Gasteiger partial charge in [-0.25, -0.2) is 4.98 Å². The summed E-state index contributed by atoms with van der Waals surface area (Å²) < 4.78 is 2.18. The van der Waals surface area contributed by atoms with Crippen molar-refractivity contribution >= 4 is 34.4 Å². The summed E-state index contributed by atoms with van der Waals surface area (Å²) in [6, 6.07) is 38.3. The summed E-state index contributed by atoms with van der Waals surface area (Å²) in [5, 5.41) is 21.8. The molecule has 0 aliphatic heterocycles. The molecule has 0 fully saturated rings. The van der Waals surface area contributed by atoms with Crippen molar-refractivity contribution in [2.45, 2.75) is 0 Å². The van der Waals surface area contributed by atoms with Gasteiger partial charge < -0.3 is 14.6 Å². The van der Waals surface area contributed by atoms with Crippen LogP contribution in [0.25, 0.3) is 50.0 Å². The molecule has 34 heavy (non-hydrogen) atoms. The average Bonchev–Trinajstić information content (AvgIpc) is 3.23. The van der Waals surface area contributed by atoms with Crippen LogP contribution in [0.2, 0.25) is 0 Å². The lowest BCUT2D eigenvalue weighted by Gasteiger charge is -2.13. The molecule has 2 N–H and O–H groups in total. The van der Waals surface area contributed by atoms with Gasteiger partial charge >= 0.3 is 7.12 Å². The second-order valence-electron chi connectivity index (χ2n) is 8.33. The molecule has 0 unspecified atom stereocenters. The zero-order valence-electron chi connectivity index (χ0n) is 18.3. The standard InChI is InChI=1S/C29H21BN2O2/c33-30(34)22-15-16-25-24-13-7-8-14-28(24)32(29(25)17-22)23-18-26(20-9-3-1-4-10-20)31-27(19-23)21-11-5-2-6-12-21/h1-19,33-34H. The van der Waals surface area contributed by atoms with E-state index in [0.717, 1.165) is 50.0 Å². The number of pyridine rings is 1. The Morgan fingerprint density at radius 1 is 0.559 bits per heavy atom. The Morgan fingerprint density at radius 3 is 1.74 bits per heavy atom. The van der Waals surface area contributed by atoms with Gasteiger partial charge in [-0.15, -0.1) is 0 Å². The lowest BCUT2D eigenvalue weighted by atomic mass is 9.80. The van der Waals surface area contributed by atoms with Gasteiger partial charge in [-0.05, 0) is 29.7 Å². The average molecular weight is 440 g/mol. The molecule has 5 heteroatoms. The van der Waals surface area contributed by atoms with Crippen LogP contribution in [-0.2, 0) is 0 Å². The molecule has 0 spiro atoms. The lowest BCUT2D eigenvalue weighted by Crippen LogP contribution is -2.29. The highest BCUT2D eigenvalue weighted by Crippen LogP contribution is 2.34. The highest BCUT2D eigenvalue weighted by atomic mass is 16.4. The van der Waals surface area contributed by atoms with E-state index < -0.39 is 7.12 Å². The minimum absolute atomic E-state index is 0.456. The van der Waals surface area contributed by atoms with Crippen LogP contribution in [0.4, 0.5) is 0 Å². The van der Waals surface area contributed by atoms with Crippen LogP contribution < -0.4 is 5.46 Å². The van der Waals surface area contributed by atoms with E-state index in [9.17, 15) is 10.0 Å². The molecule has 0 bridgehead atoms. The SMILES string of the molecule is OB(O)c1ccc2c3ccccc3n(-c3cc(-c4ccccc4)nc(-c4ccccc4)c3)c2c1. The van der Waals surface area contributed by atoms with Crippen LogP contribution in [0.1, 0.15) is 0 Å². The molecule has 6 rings (SSSR count). The highest BCUT2D eigenvalue weighted by molar-refractivity contribution is 6.59. The van der Waals surface area contributed by atoms with Crippen LogP contribution >= 0.6 is 0 Å². The molecular weight excluding hydrogens is 419 g/mol. The van der Waals surface area contributed by atoms with Crippen molar-refractivity contribution in [3.8, 4) is 28.2 Å². The van der Waals surface area contributed by atoms with Crippen molar-refractivity contribution in [2.24, 2.45) is 0 Å². The smallest absolute Gasteiger partial charge is 0.423 e. The van der Waals surface area contributed by atoms with Crippen LogP contribution in [-0.4, -0.2) is 26.7 Å². The Kier molecular flexibility index (Phi) is 4.99. The summed E-state index contributed by atoms with van der Waals surface area (Å²) in [5.74, 6) is 0. The third-order valence-electron chi connectivity index (χ3n) is 6.20. The summed E-state index contributed by atoms with van der Waals surface area (Å²) in [7, 11) is -1.53. The predicted molar refractivity (Wildman–Crippen MR) is 139 cm³/mol. The highest BCUT2D eigenvalue weighted by Gasteiger charge is 2.18. The van der Waals surface area contributed by atoms with Gasteiger partial charge in [-0.2, -0.15) is 0 Å². The van der Waals surface area contributed by atoms with Crippen LogP contribution in [0.3, 0.4) is 0 Å². The number of fused-ring (bicyclic) bond motifs is 3. The Hall–Kier alpha value is -4.19. The van der Waals surface area contributed by atoms with E-state index >= 15 is 0 Å². The normalized spacial score (nSPS) is 11.2. The third kappa shape index (κ3) is 3.48. The molecule has 0 amide bonds. The first-order chi connectivity index (χ1) is 16.7. The number of nitrogens with zero attached hydrogens (tertiary/aromatic N) is 2. The zero-order valence-corrected chi connectivity index (χ0v) is 18.3. The maximum atomic E-state index is 9.84. The first-order valence-corrected chi connectivity index (χ1v) is 11.2. The fourth-order valence-corrected chi connectivity index (χ4v) is 4.59. The molecule has 0 saturated carbocycles. The van der Waals surface area contributed by atoms with Gasteiger partial charge in [0.05, 0.1) is 28.1 Å². The molecule has 162 valence electrons. The van der Waals surface area contributed by atoms with Crippen molar-refractivity contribution in [1.29, 1.82) is 0 Å². The first-order valence-electron chi connectivity index (χ1n) is 11.2. The van der Waals surface area contributed by atoms with Crippen molar-refractivity contribution < 1.29 is 10.0 Å². The Balaban J connectivity index is 1.69. The summed E-state index contributed by atoms with van der Waals surface area (Å²) >= 11 is 0. The minimum atomic E-state index is -1.53.